The fourth-order valence-corrected chi connectivity index (χ4v) is 12.2. The molecule has 0 aromatic carbocycles. The van der Waals surface area contributed by atoms with Crippen LogP contribution in [0.15, 0.2) is 0 Å². The molecule has 4 aliphatic rings. The molecule has 0 N–H and O–H groups in total. The molecule has 4 saturated carbocycles. The maximum absolute atomic E-state index is 3.98. The van der Waals surface area contributed by atoms with Gasteiger partial charge >= 0.3 is 0 Å². The second-order valence-corrected chi connectivity index (χ2v) is 11.4. The molecule has 0 amide bonds. The highest BCUT2D eigenvalue weighted by molar-refractivity contribution is 9.10. The van der Waals surface area contributed by atoms with Crippen molar-refractivity contribution in [1.29, 1.82) is 0 Å². The van der Waals surface area contributed by atoms with Gasteiger partial charge in [0.1, 0.15) is 0 Å². The van der Waals surface area contributed by atoms with Gasteiger partial charge in [0.25, 0.3) is 0 Å². The summed E-state index contributed by atoms with van der Waals surface area (Å²) in [6.45, 7) is 0. The minimum Gasteiger partial charge on any atom is -0.0889 e. The van der Waals surface area contributed by atoms with Crippen molar-refractivity contribution in [3.63, 3.8) is 0 Å². The van der Waals surface area contributed by atoms with Crippen LogP contribution in [0.2, 0.25) is 0 Å². The lowest BCUT2D eigenvalue weighted by atomic mass is 10.0. The van der Waals surface area contributed by atoms with Crippen LogP contribution in [-0.2, 0) is 0 Å². The Kier molecular flexibility index (Phi) is 3.80. The normalized spacial score (nSPS) is 57.7. The van der Waals surface area contributed by atoms with Gasteiger partial charge in [0.15, 0.2) is 0 Å². The summed E-state index contributed by atoms with van der Waals surface area (Å²) in [5.41, 5.74) is 0. The van der Waals surface area contributed by atoms with Crippen molar-refractivity contribution < 1.29 is 0 Å². The highest BCUT2D eigenvalue weighted by Crippen LogP contribution is 2.60. The van der Waals surface area contributed by atoms with E-state index in [1.54, 1.807) is 0 Å². The Balaban J connectivity index is 1.36. The maximum Gasteiger partial charge on any atom is 0.0307 e. The Bertz CT molecular complexity index is 302. The van der Waals surface area contributed by atoms with E-state index in [-0.39, 0.29) is 0 Å². The summed E-state index contributed by atoms with van der Waals surface area (Å²) in [4.78, 5) is 1.61. The Morgan fingerprint density at radius 1 is 0.611 bits per heavy atom. The van der Waals surface area contributed by atoms with Gasteiger partial charge in [-0.15, -0.1) is 0 Å². The number of halogens is 2. The molecule has 0 saturated heterocycles. The molecule has 0 aromatic heterocycles. The third-order valence-electron chi connectivity index (χ3n) is 5.76. The molecule has 0 aromatic rings. The lowest BCUT2D eigenvalue weighted by Gasteiger charge is -2.30. The van der Waals surface area contributed by atoms with E-state index in [2.05, 4.69) is 53.4 Å². The second-order valence-electron chi connectivity index (χ2n) is 6.68. The molecule has 18 heavy (non-hydrogen) atoms. The quantitative estimate of drug-likeness (QED) is 0.444. The first-order valence-corrected chi connectivity index (χ1v) is 11.4. The second kappa shape index (κ2) is 5.14. The van der Waals surface area contributed by atoms with Crippen molar-refractivity contribution in [2.45, 2.75) is 58.7 Å². The molecule has 0 aliphatic heterocycles. The molecular weight excluding hydrogens is 392 g/mol. The molecule has 4 fully saturated rings. The van der Waals surface area contributed by atoms with Crippen LogP contribution in [0.4, 0.5) is 0 Å². The minimum atomic E-state index is 0.807. The van der Waals surface area contributed by atoms with Crippen LogP contribution in [0.3, 0.4) is 0 Å². The highest BCUT2D eigenvalue weighted by Gasteiger charge is 2.50. The van der Waals surface area contributed by atoms with Gasteiger partial charge in [-0.1, -0.05) is 53.4 Å². The summed E-state index contributed by atoms with van der Waals surface area (Å²) in [6.07, 6.45) is 8.97. The third kappa shape index (κ3) is 2.07. The summed E-state index contributed by atoms with van der Waals surface area (Å²) in [5.74, 6) is 4.02. The lowest BCUT2D eigenvalue weighted by Crippen LogP contribution is -2.27. The maximum atomic E-state index is 3.98. The number of rotatable bonds is 3. The molecule has 0 unspecified atom stereocenters. The van der Waals surface area contributed by atoms with E-state index < -0.39 is 0 Å². The molecule has 4 aliphatic carbocycles. The summed E-state index contributed by atoms with van der Waals surface area (Å²) in [5, 5.41) is 1.79. The Hall–Kier alpha value is 1.66. The van der Waals surface area contributed by atoms with Gasteiger partial charge in [0, 0.05) is 20.2 Å². The molecule has 8 atom stereocenters. The molecule has 0 spiro atoms. The van der Waals surface area contributed by atoms with Crippen LogP contribution < -0.4 is 0 Å². The van der Waals surface area contributed by atoms with Gasteiger partial charge in [-0.3, -0.25) is 0 Å². The average molecular weight is 412 g/mol. The fourth-order valence-electron chi connectivity index (χ4n) is 4.73. The number of fused-ring (bicyclic) bond motifs is 4. The van der Waals surface area contributed by atoms with E-state index >= 15 is 0 Å². The van der Waals surface area contributed by atoms with Crippen LogP contribution in [0.5, 0.6) is 0 Å². The third-order valence-corrected chi connectivity index (χ3v) is 12.7. The van der Waals surface area contributed by atoms with Gasteiger partial charge in [0.2, 0.25) is 0 Å². The average Bonchev–Trinajstić information content (AvgIpc) is 3.08. The molecule has 0 radical (unpaired) electrons. The monoisotopic (exact) mass is 410 g/mol. The van der Waals surface area contributed by atoms with Crippen molar-refractivity contribution in [1.82, 2.24) is 0 Å². The van der Waals surface area contributed by atoms with Gasteiger partial charge < -0.3 is 0 Å². The molecule has 4 rings (SSSR count). The Morgan fingerprint density at radius 3 is 1.33 bits per heavy atom. The molecule has 0 nitrogen and oxygen atoms in total. The van der Waals surface area contributed by atoms with Gasteiger partial charge in [0.05, 0.1) is 0 Å². The van der Waals surface area contributed by atoms with E-state index in [1.807, 2.05) is 0 Å². The van der Waals surface area contributed by atoms with E-state index in [1.165, 1.54) is 38.5 Å². The first-order chi connectivity index (χ1) is 8.74. The zero-order valence-electron chi connectivity index (χ0n) is 10.4. The van der Waals surface area contributed by atoms with Crippen molar-refractivity contribution in [3.05, 3.63) is 0 Å². The predicted molar refractivity (Wildman–Crippen MR) is 89.9 cm³/mol. The summed E-state index contributed by atoms with van der Waals surface area (Å²) >= 11 is 7.96. The predicted octanol–water partition coefficient (Wildman–Crippen LogP) is 5.49. The van der Waals surface area contributed by atoms with Crippen molar-refractivity contribution >= 4 is 53.4 Å². The molecule has 4 bridgehead atoms. The van der Waals surface area contributed by atoms with Crippen molar-refractivity contribution in [2.24, 2.45) is 23.7 Å². The zero-order valence-corrected chi connectivity index (χ0v) is 15.2. The van der Waals surface area contributed by atoms with Crippen molar-refractivity contribution in [3.8, 4) is 0 Å². The smallest absolute Gasteiger partial charge is 0.0307 e. The summed E-state index contributed by atoms with van der Waals surface area (Å²) in [6, 6.07) is 0. The van der Waals surface area contributed by atoms with Crippen LogP contribution in [0.25, 0.3) is 0 Å². The topological polar surface area (TPSA) is 0 Å². The number of hydrogen-bond acceptors (Lipinski definition) is 2. The Morgan fingerprint density at radius 2 is 1.00 bits per heavy atom. The summed E-state index contributed by atoms with van der Waals surface area (Å²) < 4.78 is 0. The van der Waals surface area contributed by atoms with Crippen LogP contribution in [0.1, 0.15) is 38.5 Å². The van der Waals surface area contributed by atoms with Crippen molar-refractivity contribution in [2.75, 3.05) is 0 Å². The van der Waals surface area contributed by atoms with Gasteiger partial charge in [-0.2, -0.15) is 0 Å². The van der Waals surface area contributed by atoms with E-state index in [0.29, 0.717) is 0 Å². The van der Waals surface area contributed by atoms with Crippen LogP contribution in [-0.4, -0.2) is 20.2 Å². The first-order valence-electron chi connectivity index (χ1n) is 7.34. The molecule has 0 heterocycles. The van der Waals surface area contributed by atoms with Crippen LogP contribution >= 0.6 is 53.4 Å². The summed E-state index contributed by atoms with van der Waals surface area (Å²) in [7, 11) is 4.47. The lowest BCUT2D eigenvalue weighted by molar-refractivity contribution is 0.507. The number of alkyl halides is 2. The van der Waals surface area contributed by atoms with E-state index in [0.717, 1.165) is 43.8 Å². The molecule has 4 heteroatoms. The van der Waals surface area contributed by atoms with Gasteiger partial charge in [-0.05, 0) is 62.2 Å². The molecular formula is C14H20Br2S2. The van der Waals surface area contributed by atoms with E-state index in [4.69, 9.17) is 0 Å². The highest BCUT2D eigenvalue weighted by atomic mass is 79.9. The van der Waals surface area contributed by atoms with Gasteiger partial charge in [-0.25, -0.2) is 0 Å². The first kappa shape index (κ1) is 13.3. The zero-order chi connectivity index (χ0) is 12.3. The largest absolute Gasteiger partial charge is 0.0889 e. The molecule has 102 valence electrons. The standard InChI is InChI=1S/C14H20Br2S2/c15-11-7-1-3-9(5-7)13(11)17-18-14-10-4-2-8(6-10)12(14)16/h7-14H,1-6H2/t7-,8-,9-,10-,11-,12+,13+,14+/m0/s1. The number of hydrogen-bond donors (Lipinski definition) is 0. The Labute approximate surface area is 135 Å². The fraction of sp³-hybridized carbons (Fsp3) is 1.00. The van der Waals surface area contributed by atoms with Crippen LogP contribution in [0, 0.1) is 23.7 Å². The SMILES string of the molecule is Br[C@@H]1[C@H]2CC[C@@H](C2)[C@H]1SS[C@@H]1[C@H]2CC[C@@H](C2)[C@@H]1Br. The van der Waals surface area contributed by atoms with E-state index in [9.17, 15) is 0 Å². The minimum absolute atomic E-state index is 0.807.